The first kappa shape index (κ1) is 19.0. The number of hydrogen-bond acceptors (Lipinski definition) is 2. The number of aliphatic imine (C=N–C) groups is 1. The molecule has 1 atom stereocenters. The number of guanidine groups is 1. The van der Waals surface area contributed by atoms with Gasteiger partial charge in [-0.1, -0.05) is 55.0 Å². The van der Waals surface area contributed by atoms with E-state index >= 15 is 0 Å². The highest BCUT2D eigenvalue weighted by atomic mass is 16.2. The molecule has 3 rings (SSSR count). The lowest BCUT2D eigenvalue weighted by atomic mass is 10.0. The summed E-state index contributed by atoms with van der Waals surface area (Å²) in [6.45, 7) is 6.00. The normalized spacial score (nSPS) is 14.6. The van der Waals surface area contributed by atoms with Crippen LogP contribution in [0.15, 0.2) is 53.5 Å². The van der Waals surface area contributed by atoms with E-state index in [0.29, 0.717) is 11.9 Å². The van der Waals surface area contributed by atoms with Gasteiger partial charge in [-0.05, 0) is 36.5 Å². The van der Waals surface area contributed by atoms with Gasteiger partial charge in [-0.15, -0.1) is 0 Å². The number of hydrogen-bond donors (Lipinski definition) is 2. The number of amides is 1. The zero-order valence-electron chi connectivity index (χ0n) is 16.3. The zero-order valence-corrected chi connectivity index (χ0v) is 16.3. The second-order valence-corrected chi connectivity index (χ2v) is 7.04. The van der Waals surface area contributed by atoms with E-state index in [1.165, 1.54) is 16.7 Å². The Morgan fingerprint density at radius 1 is 1.15 bits per heavy atom. The van der Waals surface area contributed by atoms with Crippen LogP contribution in [0, 0.1) is 6.92 Å². The minimum absolute atomic E-state index is 0.0643. The number of nitrogens with zero attached hydrogens (tertiary/aromatic N) is 2. The number of nitrogens with one attached hydrogen (secondary N) is 2. The van der Waals surface area contributed by atoms with Crippen molar-refractivity contribution in [1.82, 2.24) is 10.6 Å². The molecule has 5 nitrogen and oxygen atoms in total. The lowest BCUT2D eigenvalue weighted by Gasteiger charge is -2.20. The van der Waals surface area contributed by atoms with Crippen LogP contribution in [-0.2, 0) is 11.2 Å². The molecule has 2 aromatic carbocycles. The molecule has 0 saturated carbocycles. The molecular formula is C22H28N4O. The molecule has 0 radical (unpaired) electrons. The van der Waals surface area contributed by atoms with Crippen LogP contribution in [0.25, 0.3) is 0 Å². The van der Waals surface area contributed by atoms with Crippen molar-refractivity contribution in [2.45, 2.75) is 26.2 Å². The van der Waals surface area contributed by atoms with Crippen LogP contribution in [0.2, 0.25) is 0 Å². The van der Waals surface area contributed by atoms with E-state index in [1.807, 2.05) is 23.1 Å². The molecule has 1 aliphatic rings. The predicted octanol–water partition coefficient (Wildman–Crippen LogP) is 2.85. The van der Waals surface area contributed by atoms with Crippen LogP contribution in [0.4, 0.5) is 5.69 Å². The molecule has 2 aromatic rings. The van der Waals surface area contributed by atoms with E-state index in [0.717, 1.165) is 25.2 Å². The first-order chi connectivity index (χ1) is 13.1. The fourth-order valence-electron chi connectivity index (χ4n) is 3.34. The van der Waals surface area contributed by atoms with Crippen LogP contribution >= 0.6 is 0 Å². The van der Waals surface area contributed by atoms with Gasteiger partial charge in [-0.3, -0.25) is 9.79 Å². The number of anilines is 1. The molecule has 0 bridgehead atoms. The lowest BCUT2D eigenvalue weighted by molar-refractivity contribution is -0.117. The van der Waals surface area contributed by atoms with Gasteiger partial charge in [-0.2, -0.15) is 0 Å². The molecule has 1 amide bonds. The monoisotopic (exact) mass is 364 g/mol. The number of para-hydroxylation sites is 1. The van der Waals surface area contributed by atoms with Gasteiger partial charge in [0.25, 0.3) is 0 Å². The van der Waals surface area contributed by atoms with Crippen molar-refractivity contribution in [2.75, 3.05) is 31.6 Å². The Bertz CT molecular complexity index is 813. The molecule has 0 saturated heterocycles. The number of aryl methyl sites for hydroxylation is 1. The highest BCUT2D eigenvalue weighted by molar-refractivity contribution is 5.98. The third-order valence-corrected chi connectivity index (χ3v) is 5.04. The summed E-state index contributed by atoms with van der Waals surface area (Å²) in [6, 6.07) is 16.7. The second-order valence-electron chi connectivity index (χ2n) is 7.04. The van der Waals surface area contributed by atoms with Crippen molar-refractivity contribution in [1.29, 1.82) is 0 Å². The summed E-state index contributed by atoms with van der Waals surface area (Å²) in [5.74, 6) is 1.06. The van der Waals surface area contributed by atoms with E-state index in [9.17, 15) is 4.79 Å². The summed E-state index contributed by atoms with van der Waals surface area (Å²) >= 11 is 0. The van der Waals surface area contributed by atoms with E-state index in [4.69, 9.17) is 0 Å². The van der Waals surface area contributed by atoms with E-state index in [1.54, 1.807) is 7.05 Å². The maximum Gasteiger partial charge on any atom is 0.246 e. The number of carbonyl (C=O) groups excluding carboxylic acids is 1. The lowest BCUT2D eigenvalue weighted by Crippen LogP contribution is -2.45. The summed E-state index contributed by atoms with van der Waals surface area (Å²) in [6.07, 6.45) is 0.920. The van der Waals surface area contributed by atoms with E-state index in [-0.39, 0.29) is 12.5 Å². The van der Waals surface area contributed by atoms with Crippen LogP contribution < -0.4 is 15.5 Å². The highest BCUT2D eigenvalue weighted by Gasteiger charge is 2.23. The smallest absolute Gasteiger partial charge is 0.246 e. The maximum absolute atomic E-state index is 12.6. The Balaban J connectivity index is 1.49. The van der Waals surface area contributed by atoms with E-state index < -0.39 is 0 Å². The Morgan fingerprint density at radius 2 is 1.89 bits per heavy atom. The third kappa shape index (κ3) is 4.67. The minimum atomic E-state index is 0.0643. The highest BCUT2D eigenvalue weighted by Crippen LogP contribution is 2.27. The van der Waals surface area contributed by atoms with Crippen molar-refractivity contribution < 1.29 is 4.79 Å². The van der Waals surface area contributed by atoms with Gasteiger partial charge in [-0.25, -0.2) is 0 Å². The van der Waals surface area contributed by atoms with Gasteiger partial charge in [0.05, 0.1) is 6.54 Å². The molecule has 0 aliphatic carbocycles. The average molecular weight is 364 g/mol. The van der Waals surface area contributed by atoms with Crippen molar-refractivity contribution in [3.05, 3.63) is 65.2 Å². The molecule has 27 heavy (non-hydrogen) atoms. The molecule has 1 aliphatic heterocycles. The largest absolute Gasteiger partial charge is 0.356 e. The predicted molar refractivity (Wildman–Crippen MR) is 111 cm³/mol. The molecule has 2 N–H and O–H groups in total. The number of rotatable bonds is 5. The number of fused-ring (bicyclic) bond motifs is 1. The summed E-state index contributed by atoms with van der Waals surface area (Å²) in [4.78, 5) is 18.7. The summed E-state index contributed by atoms with van der Waals surface area (Å²) in [7, 11) is 1.72. The van der Waals surface area contributed by atoms with Crippen LogP contribution in [0.5, 0.6) is 0 Å². The second kappa shape index (κ2) is 8.71. The van der Waals surface area contributed by atoms with Crippen LogP contribution in [-0.4, -0.2) is 38.5 Å². The van der Waals surface area contributed by atoms with Gasteiger partial charge < -0.3 is 15.5 Å². The quantitative estimate of drug-likeness (QED) is 0.634. The summed E-state index contributed by atoms with van der Waals surface area (Å²) in [5, 5.41) is 6.46. The molecular weight excluding hydrogens is 336 g/mol. The standard InChI is InChI=1S/C22H28N4O/c1-16-8-10-18(11-9-16)17(2)14-24-22(23-3)25-15-21(27)26-13-12-19-6-4-5-7-20(19)26/h4-11,17H,12-15H2,1-3H3,(H2,23,24,25). The van der Waals surface area contributed by atoms with Gasteiger partial charge >= 0.3 is 0 Å². The summed E-state index contributed by atoms with van der Waals surface area (Å²) < 4.78 is 0. The number of benzene rings is 2. The van der Waals surface area contributed by atoms with Gasteiger partial charge in [0.2, 0.25) is 5.91 Å². The van der Waals surface area contributed by atoms with E-state index in [2.05, 4.69) is 59.8 Å². The Hall–Kier alpha value is -2.82. The molecule has 0 fully saturated rings. The third-order valence-electron chi connectivity index (χ3n) is 5.04. The molecule has 0 spiro atoms. The fraction of sp³-hybridized carbons (Fsp3) is 0.364. The zero-order chi connectivity index (χ0) is 19.2. The minimum Gasteiger partial charge on any atom is -0.356 e. The Morgan fingerprint density at radius 3 is 2.63 bits per heavy atom. The molecule has 5 heteroatoms. The van der Waals surface area contributed by atoms with Crippen molar-refractivity contribution in [2.24, 2.45) is 4.99 Å². The van der Waals surface area contributed by atoms with Crippen molar-refractivity contribution >= 4 is 17.6 Å². The molecule has 1 unspecified atom stereocenters. The Kier molecular flexibility index (Phi) is 6.12. The molecule has 0 aromatic heterocycles. The van der Waals surface area contributed by atoms with Crippen molar-refractivity contribution in [3.8, 4) is 0 Å². The fourth-order valence-corrected chi connectivity index (χ4v) is 3.34. The topological polar surface area (TPSA) is 56.7 Å². The average Bonchev–Trinajstić information content (AvgIpc) is 3.12. The maximum atomic E-state index is 12.6. The SMILES string of the molecule is CN=C(NCC(=O)N1CCc2ccccc21)NCC(C)c1ccc(C)cc1. The van der Waals surface area contributed by atoms with Gasteiger partial charge in [0.15, 0.2) is 5.96 Å². The van der Waals surface area contributed by atoms with Gasteiger partial charge in [0.1, 0.15) is 0 Å². The number of carbonyl (C=O) groups is 1. The molecule has 142 valence electrons. The Labute approximate surface area is 161 Å². The molecule has 1 heterocycles. The first-order valence-corrected chi connectivity index (χ1v) is 9.48. The first-order valence-electron chi connectivity index (χ1n) is 9.48. The van der Waals surface area contributed by atoms with Crippen LogP contribution in [0.1, 0.15) is 29.5 Å². The summed E-state index contributed by atoms with van der Waals surface area (Å²) in [5.41, 5.74) is 4.81. The van der Waals surface area contributed by atoms with Crippen LogP contribution in [0.3, 0.4) is 0 Å². The van der Waals surface area contributed by atoms with Gasteiger partial charge in [0, 0.05) is 25.8 Å². The van der Waals surface area contributed by atoms with Crippen molar-refractivity contribution in [3.63, 3.8) is 0 Å².